The van der Waals surface area contributed by atoms with E-state index in [1.165, 1.54) is 28.9 Å². The Morgan fingerprint density at radius 2 is 1.77 bits per heavy atom. The molecule has 1 N–H and O–H groups in total. The SMILES string of the molecule is COC(=O)c1c(NC(=O)c2ccc(OCCc3ccccc3)cc2)sc2c1CCC(C(C)(C)C)C2. The largest absolute Gasteiger partial charge is 0.493 e. The number of rotatable bonds is 7. The molecule has 1 aromatic heterocycles. The lowest BCUT2D eigenvalue weighted by atomic mass is 9.72. The summed E-state index contributed by atoms with van der Waals surface area (Å²) in [7, 11) is 1.38. The van der Waals surface area contributed by atoms with Gasteiger partial charge in [0.15, 0.2) is 0 Å². The van der Waals surface area contributed by atoms with Crippen molar-refractivity contribution >= 4 is 28.2 Å². The molecule has 1 unspecified atom stereocenters. The predicted octanol–water partition coefficient (Wildman–Crippen LogP) is 6.56. The van der Waals surface area contributed by atoms with Crippen molar-refractivity contribution in [3.05, 3.63) is 81.7 Å². The molecule has 2 aromatic carbocycles. The average Bonchev–Trinajstić information content (AvgIpc) is 3.21. The first-order valence-corrected chi connectivity index (χ1v) is 12.9. The van der Waals surface area contributed by atoms with Gasteiger partial charge in [-0.05, 0) is 66.0 Å². The summed E-state index contributed by atoms with van der Waals surface area (Å²) in [5.74, 6) is 0.607. The number of benzene rings is 2. The summed E-state index contributed by atoms with van der Waals surface area (Å²) >= 11 is 1.50. The van der Waals surface area contributed by atoms with E-state index in [-0.39, 0.29) is 11.3 Å². The molecule has 1 amide bonds. The van der Waals surface area contributed by atoms with Gasteiger partial charge in [-0.2, -0.15) is 0 Å². The first-order chi connectivity index (χ1) is 16.8. The van der Waals surface area contributed by atoms with Gasteiger partial charge in [0.25, 0.3) is 5.91 Å². The number of anilines is 1. The maximum atomic E-state index is 13.0. The molecular formula is C29H33NO4S. The Balaban J connectivity index is 1.44. The van der Waals surface area contributed by atoms with E-state index >= 15 is 0 Å². The van der Waals surface area contributed by atoms with E-state index in [0.717, 1.165) is 31.2 Å². The quantitative estimate of drug-likeness (QED) is 0.380. The number of fused-ring (bicyclic) bond motifs is 1. The molecule has 4 rings (SSSR count). The van der Waals surface area contributed by atoms with Gasteiger partial charge in [-0.3, -0.25) is 4.79 Å². The number of nitrogens with one attached hydrogen (secondary N) is 1. The number of hydrogen-bond donors (Lipinski definition) is 1. The first-order valence-electron chi connectivity index (χ1n) is 12.1. The van der Waals surface area contributed by atoms with E-state index < -0.39 is 5.97 Å². The van der Waals surface area contributed by atoms with Crippen LogP contribution < -0.4 is 10.1 Å². The fourth-order valence-electron chi connectivity index (χ4n) is 4.54. The second-order valence-corrected chi connectivity index (χ2v) is 11.2. The lowest BCUT2D eigenvalue weighted by molar-refractivity contribution is 0.0600. The Kier molecular flexibility index (Phi) is 7.60. The molecule has 35 heavy (non-hydrogen) atoms. The number of thiophene rings is 1. The lowest BCUT2D eigenvalue weighted by Gasteiger charge is -2.33. The van der Waals surface area contributed by atoms with Gasteiger partial charge in [0.05, 0.1) is 19.3 Å². The number of methoxy groups -OCH3 is 1. The molecule has 0 bridgehead atoms. The normalized spacial score (nSPS) is 15.3. The van der Waals surface area contributed by atoms with Crippen LogP contribution in [0.1, 0.15) is 63.9 Å². The van der Waals surface area contributed by atoms with Gasteiger partial charge >= 0.3 is 5.97 Å². The molecule has 0 radical (unpaired) electrons. The van der Waals surface area contributed by atoms with E-state index in [9.17, 15) is 9.59 Å². The van der Waals surface area contributed by atoms with Crippen molar-refractivity contribution in [2.24, 2.45) is 11.3 Å². The van der Waals surface area contributed by atoms with Crippen LogP contribution in [-0.2, 0) is 24.0 Å². The second kappa shape index (κ2) is 10.6. The van der Waals surface area contributed by atoms with Crippen LogP contribution in [0.5, 0.6) is 5.75 Å². The maximum Gasteiger partial charge on any atom is 0.341 e. The Hall–Kier alpha value is -3.12. The molecule has 0 saturated heterocycles. The van der Waals surface area contributed by atoms with Crippen molar-refractivity contribution in [1.82, 2.24) is 0 Å². The predicted molar refractivity (Wildman–Crippen MR) is 141 cm³/mol. The molecule has 184 valence electrons. The molecule has 6 heteroatoms. The molecule has 1 atom stereocenters. The van der Waals surface area contributed by atoms with Crippen LogP contribution in [-0.4, -0.2) is 25.6 Å². The van der Waals surface area contributed by atoms with Crippen LogP contribution in [0.25, 0.3) is 0 Å². The van der Waals surface area contributed by atoms with Crippen molar-refractivity contribution in [3.8, 4) is 5.75 Å². The number of carbonyl (C=O) groups is 2. The molecule has 0 aliphatic heterocycles. The van der Waals surface area contributed by atoms with E-state index in [0.29, 0.717) is 34.4 Å². The van der Waals surface area contributed by atoms with Gasteiger partial charge in [-0.15, -0.1) is 11.3 Å². The minimum Gasteiger partial charge on any atom is -0.493 e. The topological polar surface area (TPSA) is 64.6 Å². The summed E-state index contributed by atoms with van der Waals surface area (Å²) in [6.45, 7) is 7.34. The lowest BCUT2D eigenvalue weighted by Crippen LogP contribution is -2.26. The van der Waals surface area contributed by atoms with E-state index in [2.05, 4.69) is 38.2 Å². The monoisotopic (exact) mass is 491 g/mol. The van der Waals surface area contributed by atoms with Gasteiger partial charge < -0.3 is 14.8 Å². The fourth-order valence-corrected chi connectivity index (χ4v) is 5.85. The highest BCUT2D eigenvalue weighted by Crippen LogP contribution is 2.44. The standard InChI is InChI=1S/C29H33NO4S/c1-29(2,3)21-12-15-23-24(18-21)35-27(25(23)28(32)33-4)30-26(31)20-10-13-22(14-11-20)34-17-16-19-8-6-5-7-9-19/h5-11,13-14,21H,12,15-18H2,1-4H3,(H,30,31). The average molecular weight is 492 g/mol. The van der Waals surface area contributed by atoms with Gasteiger partial charge in [0, 0.05) is 16.9 Å². The Morgan fingerprint density at radius 1 is 1.06 bits per heavy atom. The van der Waals surface area contributed by atoms with Crippen molar-refractivity contribution in [1.29, 1.82) is 0 Å². The van der Waals surface area contributed by atoms with Gasteiger partial charge in [-0.25, -0.2) is 4.79 Å². The van der Waals surface area contributed by atoms with Crippen molar-refractivity contribution in [2.75, 3.05) is 19.0 Å². The highest BCUT2D eigenvalue weighted by Gasteiger charge is 2.34. The number of carbonyl (C=O) groups excluding carboxylic acids is 2. The molecule has 0 saturated carbocycles. The summed E-state index contributed by atoms with van der Waals surface area (Å²) in [6.07, 6.45) is 3.58. The highest BCUT2D eigenvalue weighted by atomic mass is 32.1. The van der Waals surface area contributed by atoms with Crippen LogP contribution >= 0.6 is 11.3 Å². The number of hydrogen-bond acceptors (Lipinski definition) is 5. The minimum atomic E-state index is -0.394. The molecule has 3 aromatic rings. The number of ether oxygens (including phenoxy) is 2. The fraction of sp³-hybridized carbons (Fsp3) is 0.379. The first kappa shape index (κ1) is 25.0. The summed E-state index contributed by atoms with van der Waals surface area (Å²) in [4.78, 5) is 26.8. The zero-order valence-corrected chi connectivity index (χ0v) is 21.7. The van der Waals surface area contributed by atoms with Gasteiger partial charge in [-0.1, -0.05) is 51.1 Å². The Bertz CT molecular complexity index is 1180. The molecule has 1 aliphatic carbocycles. The zero-order chi connectivity index (χ0) is 25.0. The molecule has 1 heterocycles. The smallest absolute Gasteiger partial charge is 0.341 e. The van der Waals surface area contributed by atoms with Gasteiger partial charge in [0.2, 0.25) is 0 Å². The van der Waals surface area contributed by atoms with E-state index in [1.807, 2.05) is 18.2 Å². The maximum absolute atomic E-state index is 13.0. The number of esters is 1. The molecule has 0 spiro atoms. The van der Waals surface area contributed by atoms with Gasteiger partial charge in [0.1, 0.15) is 10.8 Å². The third kappa shape index (κ3) is 5.93. The second-order valence-electron chi connectivity index (χ2n) is 10.1. The Labute approximate surface area is 211 Å². The highest BCUT2D eigenvalue weighted by molar-refractivity contribution is 7.17. The molecule has 1 aliphatic rings. The number of amides is 1. The summed E-state index contributed by atoms with van der Waals surface area (Å²) < 4.78 is 10.9. The summed E-state index contributed by atoms with van der Waals surface area (Å²) in [5, 5.41) is 3.55. The molecule has 0 fully saturated rings. The minimum absolute atomic E-state index is 0.196. The third-order valence-corrected chi connectivity index (χ3v) is 7.90. The Morgan fingerprint density at radius 3 is 2.43 bits per heavy atom. The third-order valence-electron chi connectivity index (χ3n) is 6.73. The van der Waals surface area contributed by atoms with Crippen molar-refractivity contribution in [2.45, 2.75) is 46.5 Å². The summed E-state index contributed by atoms with van der Waals surface area (Å²) in [5.41, 5.74) is 3.46. The van der Waals surface area contributed by atoms with Crippen LogP contribution in [0.2, 0.25) is 0 Å². The zero-order valence-electron chi connectivity index (χ0n) is 20.9. The van der Waals surface area contributed by atoms with Crippen molar-refractivity contribution < 1.29 is 19.1 Å². The molecular weight excluding hydrogens is 458 g/mol. The van der Waals surface area contributed by atoms with Crippen LogP contribution in [0, 0.1) is 11.3 Å². The van der Waals surface area contributed by atoms with Crippen LogP contribution in [0.15, 0.2) is 54.6 Å². The van der Waals surface area contributed by atoms with Crippen LogP contribution in [0.3, 0.4) is 0 Å². The van der Waals surface area contributed by atoms with Crippen LogP contribution in [0.4, 0.5) is 5.00 Å². The summed E-state index contributed by atoms with van der Waals surface area (Å²) in [6, 6.07) is 17.3. The van der Waals surface area contributed by atoms with E-state index in [4.69, 9.17) is 9.47 Å². The molecule has 5 nitrogen and oxygen atoms in total. The van der Waals surface area contributed by atoms with Crippen molar-refractivity contribution in [3.63, 3.8) is 0 Å². The van der Waals surface area contributed by atoms with E-state index in [1.54, 1.807) is 24.3 Å².